The second kappa shape index (κ2) is 6.13. The highest BCUT2D eigenvalue weighted by Gasteiger charge is 2.11. The molecular weight excluding hydrogens is 316 g/mol. The fraction of sp³-hybridized carbons (Fsp3) is 0.105. The molecule has 3 aromatic heterocycles. The van der Waals surface area contributed by atoms with Gasteiger partial charge in [-0.25, -0.2) is 0 Å². The number of hydrogen-bond acceptors (Lipinski definition) is 5. The monoisotopic (exact) mass is 330 g/mol. The Morgan fingerprint density at radius 1 is 1.20 bits per heavy atom. The normalized spacial score (nSPS) is 10.7. The first-order valence-corrected chi connectivity index (χ1v) is 7.77. The summed E-state index contributed by atoms with van der Waals surface area (Å²) in [6, 6.07) is 15.5. The molecule has 0 aliphatic rings. The molecular formula is C19H14N4O2. The van der Waals surface area contributed by atoms with E-state index in [0.29, 0.717) is 29.6 Å². The first-order valence-electron chi connectivity index (χ1n) is 7.77. The van der Waals surface area contributed by atoms with Gasteiger partial charge in [0.15, 0.2) is 0 Å². The second-order valence-electron chi connectivity index (χ2n) is 5.58. The van der Waals surface area contributed by atoms with Crippen LogP contribution in [0.1, 0.15) is 17.0 Å². The van der Waals surface area contributed by atoms with Gasteiger partial charge in [0.1, 0.15) is 18.4 Å². The minimum absolute atomic E-state index is 0.325. The number of rotatable bonds is 4. The van der Waals surface area contributed by atoms with Crippen molar-refractivity contribution in [1.82, 2.24) is 14.5 Å². The summed E-state index contributed by atoms with van der Waals surface area (Å²) in [5.41, 5.74) is 3.23. The van der Waals surface area contributed by atoms with E-state index >= 15 is 0 Å². The van der Waals surface area contributed by atoms with Crippen LogP contribution >= 0.6 is 0 Å². The van der Waals surface area contributed by atoms with Crippen molar-refractivity contribution in [1.29, 1.82) is 5.26 Å². The third-order valence-corrected chi connectivity index (χ3v) is 3.91. The smallest absolute Gasteiger partial charge is 0.223 e. The molecule has 0 amide bonds. The molecule has 0 saturated carbocycles. The van der Waals surface area contributed by atoms with Crippen molar-refractivity contribution in [2.75, 3.05) is 0 Å². The van der Waals surface area contributed by atoms with Crippen molar-refractivity contribution in [3.8, 4) is 23.2 Å². The summed E-state index contributed by atoms with van der Waals surface area (Å²) in [5, 5.41) is 13.3. The Morgan fingerprint density at radius 2 is 2.04 bits per heavy atom. The summed E-state index contributed by atoms with van der Waals surface area (Å²) in [4.78, 5) is 4.19. The minimum atomic E-state index is 0.325. The Bertz CT molecular complexity index is 1070. The van der Waals surface area contributed by atoms with Crippen molar-refractivity contribution < 1.29 is 9.26 Å². The summed E-state index contributed by atoms with van der Waals surface area (Å²) < 4.78 is 12.7. The molecule has 0 aliphatic heterocycles. The van der Waals surface area contributed by atoms with Crippen molar-refractivity contribution in [2.45, 2.75) is 13.5 Å². The van der Waals surface area contributed by atoms with Gasteiger partial charge < -0.3 is 13.7 Å². The minimum Gasteiger partial charge on any atom is -0.489 e. The number of aromatic nitrogens is 3. The zero-order valence-electron chi connectivity index (χ0n) is 13.5. The Labute approximate surface area is 143 Å². The van der Waals surface area contributed by atoms with Gasteiger partial charge in [0, 0.05) is 30.4 Å². The molecule has 0 N–H and O–H groups in total. The fourth-order valence-corrected chi connectivity index (χ4v) is 2.69. The summed E-state index contributed by atoms with van der Waals surface area (Å²) in [7, 11) is 0. The molecule has 4 rings (SSSR count). The molecule has 0 saturated heterocycles. The van der Waals surface area contributed by atoms with E-state index in [4.69, 9.17) is 9.26 Å². The summed E-state index contributed by atoms with van der Waals surface area (Å²) >= 11 is 0. The van der Waals surface area contributed by atoms with Crippen molar-refractivity contribution in [3.63, 3.8) is 0 Å². The third kappa shape index (κ3) is 2.83. The zero-order chi connectivity index (χ0) is 17.2. The van der Waals surface area contributed by atoms with Gasteiger partial charge in [0.25, 0.3) is 0 Å². The van der Waals surface area contributed by atoms with Gasteiger partial charge in [-0.3, -0.25) is 0 Å². The number of ether oxygens (including phenoxy) is 1. The number of pyridine rings is 1. The number of nitrogens with zero attached hydrogens (tertiary/aromatic N) is 4. The highest BCUT2D eigenvalue weighted by atomic mass is 16.5. The van der Waals surface area contributed by atoms with Gasteiger partial charge >= 0.3 is 0 Å². The number of hydrogen-bond donors (Lipinski definition) is 0. The second-order valence-corrected chi connectivity index (χ2v) is 5.58. The van der Waals surface area contributed by atoms with Crippen LogP contribution in [0.4, 0.5) is 0 Å². The largest absolute Gasteiger partial charge is 0.489 e. The molecule has 3 heterocycles. The molecule has 25 heavy (non-hydrogen) atoms. The lowest BCUT2D eigenvalue weighted by Crippen LogP contribution is -1.96. The Balaban J connectivity index is 1.53. The number of nitriles is 1. The lowest BCUT2D eigenvalue weighted by atomic mass is 10.2. The number of aryl methyl sites for hydroxylation is 1. The van der Waals surface area contributed by atoms with E-state index in [2.05, 4.69) is 16.2 Å². The van der Waals surface area contributed by atoms with Crippen LogP contribution in [-0.4, -0.2) is 14.5 Å². The molecule has 1 aromatic carbocycles. The van der Waals surface area contributed by atoms with Gasteiger partial charge in [-0.2, -0.15) is 10.2 Å². The lowest BCUT2D eigenvalue weighted by Gasteiger charge is -2.05. The summed E-state index contributed by atoms with van der Waals surface area (Å²) in [6.07, 6.45) is 3.84. The van der Waals surface area contributed by atoms with E-state index in [1.807, 2.05) is 59.3 Å². The molecule has 6 nitrogen and oxygen atoms in total. The highest BCUT2D eigenvalue weighted by Crippen LogP contribution is 2.23. The first kappa shape index (κ1) is 15.0. The summed E-state index contributed by atoms with van der Waals surface area (Å²) in [6.45, 7) is 2.08. The average Bonchev–Trinajstić information content (AvgIpc) is 3.23. The van der Waals surface area contributed by atoms with E-state index < -0.39 is 0 Å². The van der Waals surface area contributed by atoms with Crippen molar-refractivity contribution >= 4 is 5.52 Å². The van der Waals surface area contributed by atoms with Crippen molar-refractivity contribution in [2.24, 2.45) is 0 Å². The standard InChI is InChI=1S/C19H14N4O2/c1-13-21-19(22-25-13)14-5-7-16(8-6-14)24-12-15-11-23-9-3-2-4-18(23)17(15)10-20/h2-9,11H,12H2,1H3. The average molecular weight is 330 g/mol. The molecule has 122 valence electrons. The highest BCUT2D eigenvalue weighted by molar-refractivity contribution is 5.65. The topological polar surface area (TPSA) is 76.3 Å². The third-order valence-electron chi connectivity index (χ3n) is 3.91. The maximum atomic E-state index is 9.43. The maximum Gasteiger partial charge on any atom is 0.223 e. The quantitative estimate of drug-likeness (QED) is 0.569. The van der Waals surface area contributed by atoms with Crippen LogP contribution in [0.25, 0.3) is 16.9 Å². The van der Waals surface area contributed by atoms with Crippen LogP contribution in [0.5, 0.6) is 5.75 Å². The Kier molecular flexibility index (Phi) is 3.67. The number of benzene rings is 1. The fourth-order valence-electron chi connectivity index (χ4n) is 2.69. The summed E-state index contributed by atoms with van der Waals surface area (Å²) in [5.74, 6) is 1.79. The zero-order valence-corrected chi connectivity index (χ0v) is 13.5. The predicted molar refractivity (Wildman–Crippen MR) is 90.9 cm³/mol. The molecule has 6 heteroatoms. The van der Waals surface area contributed by atoms with Gasteiger partial charge in [-0.1, -0.05) is 11.2 Å². The van der Waals surface area contributed by atoms with Gasteiger partial charge in [0.2, 0.25) is 11.7 Å². The predicted octanol–water partition coefficient (Wildman–Crippen LogP) is 3.75. The molecule has 0 fully saturated rings. The van der Waals surface area contributed by atoms with Gasteiger partial charge in [-0.05, 0) is 36.4 Å². The van der Waals surface area contributed by atoms with E-state index in [0.717, 1.165) is 16.6 Å². The number of fused-ring (bicyclic) bond motifs is 1. The first-order chi connectivity index (χ1) is 12.2. The Morgan fingerprint density at radius 3 is 2.76 bits per heavy atom. The van der Waals surface area contributed by atoms with Crippen LogP contribution < -0.4 is 4.74 Å². The molecule has 0 atom stereocenters. The molecule has 0 spiro atoms. The van der Waals surface area contributed by atoms with Gasteiger partial charge in [-0.15, -0.1) is 0 Å². The lowest BCUT2D eigenvalue weighted by molar-refractivity contribution is 0.306. The Hall–Kier alpha value is -3.59. The molecule has 0 bridgehead atoms. The van der Waals surface area contributed by atoms with Crippen LogP contribution in [0, 0.1) is 18.3 Å². The van der Waals surface area contributed by atoms with Crippen LogP contribution in [0.2, 0.25) is 0 Å². The SMILES string of the molecule is Cc1nc(-c2ccc(OCc3cn4ccccc4c3C#N)cc2)no1. The van der Waals surface area contributed by atoms with E-state index in [1.54, 1.807) is 6.92 Å². The van der Waals surface area contributed by atoms with Gasteiger partial charge in [0.05, 0.1) is 11.1 Å². The van der Waals surface area contributed by atoms with E-state index in [9.17, 15) is 5.26 Å². The van der Waals surface area contributed by atoms with E-state index in [-0.39, 0.29) is 0 Å². The molecule has 0 unspecified atom stereocenters. The maximum absolute atomic E-state index is 9.43. The van der Waals surface area contributed by atoms with Crippen LogP contribution in [0.3, 0.4) is 0 Å². The molecule has 0 aliphatic carbocycles. The van der Waals surface area contributed by atoms with E-state index in [1.165, 1.54) is 0 Å². The van der Waals surface area contributed by atoms with Crippen LogP contribution in [-0.2, 0) is 6.61 Å². The molecule has 4 aromatic rings. The molecule has 0 radical (unpaired) electrons. The van der Waals surface area contributed by atoms with Crippen molar-refractivity contribution in [3.05, 3.63) is 71.9 Å². The van der Waals surface area contributed by atoms with Crippen LogP contribution in [0.15, 0.2) is 59.4 Å².